The largest absolute Gasteiger partial charge is 0.444 e. The fraction of sp³-hybridized carbons (Fsp3) is 0.438. The first kappa shape index (κ1) is 17.7. The molecule has 0 aromatic heterocycles. The van der Waals surface area contributed by atoms with Gasteiger partial charge in [-0.05, 0) is 45.4 Å². The van der Waals surface area contributed by atoms with Gasteiger partial charge in [-0.3, -0.25) is 14.9 Å². The van der Waals surface area contributed by atoms with Gasteiger partial charge in [0, 0.05) is 6.42 Å². The molecule has 130 valence electrons. The number of hydrogen-bond donors (Lipinski definition) is 3. The SMILES string of the molecule is CC(C)(C)OC(=O)Nc1ccc(F)cc1NC(=O)[C@H]1CCC(=O)N1. The predicted molar refractivity (Wildman–Crippen MR) is 86.1 cm³/mol. The van der Waals surface area contributed by atoms with E-state index in [0.717, 1.165) is 12.1 Å². The third-order valence-corrected chi connectivity index (χ3v) is 3.19. The highest BCUT2D eigenvalue weighted by Gasteiger charge is 2.28. The lowest BCUT2D eigenvalue weighted by molar-refractivity contribution is -0.122. The molecule has 2 rings (SSSR count). The number of carbonyl (C=O) groups is 3. The summed E-state index contributed by atoms with van der Waals surface area (Å²) in [5.74, 6) is -1.25. The summed E-state index contributed by atoms with van der Waals surface area (Å²) >= 11 is 0. The highest BCUT2D eigenvalue weighted by atomic mass is 19.1. The molecule has 1 aromatic rings. The van der Waals surface area contributed by atoms with Crippen LogP contribution in [0.2, 0.25) is 0 Å². The average molecular weight is 337 g/mol. The van der Waals surface area contributed by atoms with E-state index in [4.69, 9.17) is 4.74 Å². The van der Waals surface area contributed by atoms with Gasteiger partial charge in [-0.15, -0.1) is 0 Å². The Morgan fingerprint density at radius 3 is 2.54 bits per heavy atom. The molecule has 1 fully saturated rings. The molecule has 0 radical (unpaired) electrons. The van der Waals surface area contributed by atoms with Crippen molar-refractivity contribution in [2.45, 2.75) is 45.3 Å². The van der Waals surface area contributed by atoms with Crippen LogP contribution in [-0.2, 0) is 14.3 Å². The Bertz CT molecular complexity index is 670. The number of halogens is 1. The fourth-order valence-electron chi connectivity index (χ4n) is 2.17. The summed E-state index contributed by atoms with van der Waals surface area (Å²) in [7, 11) is 0. The van der Waals surface area contributed by atoms with Crippen LogP contribution in [0.5, 0.6) is 0 Å². The van der Waals surface area contributed by atoms with Crippen molar-refractivity contribution in [3.63, 3.8) is 0 Å². The molecule has 1 aromatic carbocycles. The summed E-state index contributed by atoms with van der Waals surface area (Å²) in [6.07, 6.45) is -0.0854. The molecule has 3 N–H and O–H groups in total. The van der Waals surface area contributed by atoms with Crippen LogP contribution in [-0.4, -0.2) is 29.6 Å². The highest BCUT2D eigenvalue weighted by molar-refractivity contribution is 6.02. The number of carbonyl (C=O) groups excluding carboxylic acids is 3. The summed E-state index contributed by atoms with van der Waals surface area (Å²) in [6.45, 7) is 5.13. The number of benzene rings is 1. The Morgan fingerprint density at radius 1 is 1.25 bits per heavy atom. The van der Waals surface area contributed by atoms with Crippen molar-refractivity contribution in [2.24, 2.45) is 0 Å². The average Bonchev–Trinajstić information content (AvgIpc) is 2.86. The molecule has 7 nitrogen and oxygen atoms in total. The van der Waals surface area contributed by atoms with Gasteiger partial charge in [-0.2, -0.15) is 0 Å². The maximum absolute atomic E-state index is 13.5. The van der Waals surface area contributed by atoms with Crippen LogP contribution in [0.25, 0.3) is 0 Å². The molecule has 24 heavy (non-hydrogen) atoms. The summed E-state index contributed by atoms with van der Waals surface area (Å²) in [4.78, 5) is 35.2. The molecule has 0 bridgehead atoms. The lowest BCUT2D eigenvalue weighted by atomic mass is 10.2. The van der Waals surface area contributed by atoms with E-state index in [2.05, 4.69) is 16.0 Å². The molecule has 3 amide bonds. The van der Waals surface area contributed by atoms with Gasteiger partial charge in [-0.25, -0.2) is 9.18 Å². The van der Waals surface area contributed by atoms with E-state index in [0.29, 0.717) is 6.42 Å². The summed E-state index contributed by atoms with van der Waals surface area (Å²) in [5, 5.41) is 7.51. The van der Waals surface area contributed by atoms with Crippen LogP contribution in [0.3, 0.4) is 0 Å². The monoisotopic (exact) mass is 337 g/mol. The zero-order chi connectivity index (χ0) is 17.9. The van der Waals surface area contributed by atoms with Crippen LogP contribution in [0, 0.1) is 5.82 Å². The van der Waals surface area contributed by atoms with Crippen molar-refractivity contribution in [1.29, 1.82) is 0 Å². The van der Waals surface area contributed by atoms with E-state index < -0.39 is 29.5 Å². The second kappa shape index (κ2) is 6.86. The molecule has 0 spiro atoms. The quantitative estimate of drug-likeness (QED) is 0.789. The number of amides is 3. The van der Waals surface area contributed by atoms with Crippen molar-refractivity contribution >= 4 is 29.3 Å². The first-order valence-electron chi connectivity index (χ1n) is 7.54. The Kier molecular flexibility index (Phi) is 5.06. The second-order valence-corrected chi connectivity index (χ2v) is 6.46. The smallest absolute Gasteiger partial charge is 0.412 e. The van der Waals surface area contributed by atoms with Crippen LogP contribution < -0.4 is 16.0 Å². The number of anilines is 2. The van der Waals surface area contributed by atoms with E-state index in [-0.39, 0.29) is 23.7 Å². The minimum Gasteiger partial charge on any atom is -0.444 e. The van der Waals surface area contributed by atoms with Crippen LogP contribution in [0.15, 0.2) is 18.2 Å². The molecule has 1 aliphatic heterocycles. The van der Waals surface area contributed by atoms with Gasteiger partial charge >= 0.3 is 6.09 Å². The minimum absolute atomic E-state index is 0.0898. The minimum atomic E-state index is -0.723. The normalized spacial score (nSPS) is 17.2. The third kappa shape index (κ3) is 4.94. The summed E-state index contributed by atoms with van der Waals surface area (Å²) in [6, 6.07) is 2.89. The van der Waals surface area contributed by atoms with E-state index >= 15 is 0 Å². The standard InChI is InChI=1S/C16H20FN3O4/c1-16(2,3)24-15(23)20-10-5-4-9(17)8-12(10)19-14(22)11-6-7-13(21)18-11/h4-5,8,11H,6-7H2,1-3H3,(H,18,21)(H,19,22)(H,20,23)/t11-/m1/s1. The van der Waals surface area contributed by atoms with Crippen molar-refractivity contribution in [3.05, 3.63) is 24.0 Å². The molecule has 1 atom stereocenters. The summed E-state index contributed by atoms with van der Waals surface area (Å²) < 4.78 is 18.6. The number of rotatable bonds is 3. The van der Waals surface area contributed by atoms with E-state index in [1.54, 1.807) is 20.8 Å². The van der Waals surface area contributed by atoms with Gasteiger partial charge in [0.05, 0.1) is 11.4 Å². The third-order valence-electron chi connectivity index (χ3n) is 3.19. The first-order valence-corrected chi connectivity index (χ1v) is 7.54. The van der Waals surface area contributed by atoms with Crippen molar-refractivity contribution in [3.8, 4) is 0 Å². The second-order valence-electron chi connectivity index (χ2n) is 6.46. The molecule has 0 aliphatic carbocycles. The Labute approximate surface area is 138 Å². The van der Waals surface area contributed by atoms with Crippen LogP contribution in [0.1, 0.15) is 33.6 Å². The summed E-state index contributed by atoms with van der Waals surface area (Å²) in [5.41, 5.74) is -0.405. The maximum atomic E-state index is 13.5. The topological polar surface area (TPSA) is 96.5 Å². The van der Waals surface area contributed by atoms with Crippen molar-refractivity contribution in [2.75, 3.05) is 10.6 Å². The molecule has 0 unspecified atom stereocenters. The Morgan fingerprint density at radius 2 is 1.96 bits per heavy atom. The molecule has 1 heterocycles. The predicted octanol–water partition coefficient (Wildman–Crippen LogP) is 2.39. The van der Waals surface area contributed by atoms with Gasteiger partial charge in [0.2, 0.25) is 11.8 Å². The lowest BCUT2D eigenvalue weighted by Crippen LogP contribution is -2.37. The van der Waals surface area contributed by atoms with Gasteiger partial charge in [0.15, 0.2) is 0 Å². The van der Waals surface area contributed by atoms with Crippen molar-refractivity contribution in [1.82, 2.24) is 5.32 Å². The van der Waals surface area contributed by atoms with Crippen LogP contribution >= 0.6 is 0 Å². The molecular formula is C16H20FN3O4. The molecule has 1 aliphatic rings. The highest BCUT2D eigenvalue weighted by Crippen LogP contribution is 2.24. The van der Waals surface area contributed by atoms with E-state index in [9.17, 15) is 18.8 Å². The molecule has 0 saturated carbocycles. The first-order chi connectivity index (χ1) is 11.1. The van der Waals surface area contributed by atoms with E-state index in [1.165, 1.54) is 6.07 Å². The molecular weight excluding hydrogens is 317 g/mol. The van der Waals surface area contributed by atoms with Gasteiger partial charge in [0.25, 0.3) is 0 Å². The maximum Gasteiger partial charge on any atom is 0.412 e. The zero-order valence-electron chi connectivity index (χ0n) is 13.7. The zero-order valence-corrected chi connectivity index (χ0v) is 13.7. The van der Waals surface area contributed by atoms with E-state index in [1.807, 2.05) is 0 Å². The van der Waals surface area contributed by atoms with Gasteiger partial charge < -0.3 is 15.4 Å². The molecule has 8 heteroatoms. The number of nitrogens with one attached hydrogen (secondary N) is 3. The van der Waals surface area contributed by atoms with Crippen LogP contribution in [0.4, 0.5) is 20.6 Å². The van der Waals surface area contributed by atoms with Gasteiger partial charge in [0.1, 0.15) is 17.5 Å². The Hall–Kier alpha value is -2.64. The lowest BCUT2D eigenvalue weighted by Gasteiger charge is -2.21. The molecule has 1 saturated heterocycles. The van der Waals surface area contributed by atoms with Gasteiger partial charge in [-0.1, -0.05) is 0 Å². The Balaban J connectivity index is 2.11. The number of ether oxygens (including phenoxy) is 1. The van der Waals surface area contributed by atoms with Crippen molar-refractivity contribution < 1.29 is 23.5 Å². The fourth-order valence-corrected chi connectivity index (χ4v) is 2.17. The number of hydrogen-bond acceptors (Lipinski definition) is 4.